The average Bonchev–Trinajstić information content (AvgIpc) is 3.09. The van der Waals surface area contributed by atoms with Gasteiger partial charge in [-0.3, -0.25) is 4.79 Å². The van der Waals surface area contributed by atoms with Gasteiger partial charge in [0, 0.05) is 23.8 Å². The summed E-state index contributed by atoms with van der Waals surface area (Å²) < 4.78 is 42.0. The summed E-state index contributed by atoms with van der Waals surface area (Å²) >= 11 is 5.90. The number of ether oxygens (including phenoxy) is 3. The van der Waals surface area contributed by atoms with E-state index >= 15 is 0 Å². The lowest BCUT2D eigenvalue weighted by Crippen LogP contribution is -2.35. The summed E-state index contributed by atoms with van der Waals surface area (Å²) in [6.45, 7) is -0.276. The van der Waals surface area contributed by atoms with Crippen LogP contribution in [-0.4, -0.2) is 46.1 Å². The standard InChI is InChI=1S/C17H17ClN2O6S/c1-20(27(22,23)16-7-11(18)3-5-14(16)24-2)9-17(21)19-12-4-6-13-15(8-12)26-10-25-13/h3-8H,9-10H2,1-2H3,(H,19,21). The molecule has 0 unspecified atom stereocenters. The molecule has 1 aliphatic heterocycles. The number of likely N-dealkylation sites (N-methyl/N-ethyl adjacent to an activating group) is 1. The molecule has 0 saturated heterocycles. The number of benzene rings is 2. The number of halogens is 1. The van der Waals surface area contributed by atoms with E-state index in [1.807, 2.05) is 0 Å². The van der Waals surface area contributed by atoms with Gasteiger partial charge in [-0.05, 0) is 30.3 Å². The average molecular weight is 413 g/mol. The summed E-state index contributed by atoms with van der Waals surface area (Å²) in [6.07, 6.45) is 0. The highest BCUT2D eigenvalue weighted by molar-refractivity contribution is 7.89. The van der Waals surface area contributed by atoms with E-state index in [9.17, 15) is 13.2 Å². The third-order valence-electron chi connectivity index (χ3n) is 3.84. The number of anilines is 1. The monoisotopic (exact) mass is 412 g/mol. The topological polar surface area (TPSA) is 94.2 Å². The number of fused-ring (bicyclic) bond motifs is 1. The Balaban J connectivity index is 1.73. The Morgan fingerprint density at radius 1 is 1.22 bits per heavy atom. The van der Waals surface area contributed by atoms with Gasteiger partial charge in [0.25, 0.3) is 0 Å². The molecule has 0 aromatic heterocycles. The van der Waals surface area contributed by atoms with Crippen LogP contribution in [0.5, 0.6) is 17.2 Å². The number of hydrogen-bond acceptors (Lipinski definition) is 6. The van der Waals surface area contributed by atoms with Gasteiger partial charge in [-0.15, -0.1) is 0 Å². The number of sulfonamides is 1. The molecule has 1 heterocycles. The van der Waals surface area contributed by atoms with Crippen LogP contribution < -0.4 is 19.5 Å². The van der Waals surface area contributed by atoms with Crippen molar-refractivity contribution in [1.29, 1.82) is 0 Å². The highest BCUT2D eigenvalue weighted by Crippen LogP contribution is 2.34. The Labute approximate surface area is 161 Å². The first-order chi connectivity index (χ1) is 12.8. The van der Waals surface area contributed by atoms with E-state index in [2.05, 4.69) is 5.32 Å². The predicted octanol–water partition coefficient (Wildman–Crippen LogP) is 2.34. The quantitative estimate of drug-likeness (QED) is 0.782. The summed E-state index contributed by atoms with van der Waals surface area (Å²) in [5.41, 5.74) is 0.468. The van der Waals surface area contributed by atoms with Crippen LogP contribution in [0, 0.1) is 0 Å². The van der Waals surface area contributed by atoms with Gasteiger partial charge in [0.1, 0.15) is 10.6 Å². The lowest BCUT2D eigenvalue weighted by molar-refractivity contribution is -0.116. The summed E-state index contributed by atoms with van der Waals surface area (Å²) in [4.78, 5) is 12.2. The van der Waals surface area contributed by atoms with Gasteiger partial charge in [0.15, 0.2) is 11.5 Å². The van der Waals surface area contributed by atoms with E-state index in [1.54, 1.807) is 18.2 Å². The Morgan fingerprint density at radius 2 is 1.96 bits per heavy atom. The van der Waals surface area contributed by atoms with Gasteiger partial charge in [-0.1, -0.05) is 11.6 Å². The highest BCUT2D eigenvalue weighted by Gasteiger charge is 2.27. The smallest absolute Gasteiger partial charge is 0.247 e. The molecule has 0 radical (unpaired) electrons. The Morgan fingerprint density at radius 3 is 2.70 bits per heavy atom. The zero-order chi connectivity index (χ0) is 19.6. The minimum absolute atomic E-state index is 0.115. The van der Waals surface area contributed by atoms with Crippen LogP contribution >= 0.6 is 11.6 Å². The third-order valence-corrected chi connectivity index (χ3v) is 5.90. The first-order valence-electron chi connectivity index (χ1n) is 7.80. The maximum atomic E-state index is 12.8. The van der Waals surface area contributed by atoms with Crippen LogP contribution in [-0.2, 0) is 14.8 Å². The first kappa shape index (κ1) is 19.3. The van der Waals surface area contributed by atoms with Crippen LogP contribution in [0.3, 0.4) is 0 Å². The van der Waals surface area contributed by atoms with E-state index in [4.69, 9.17) is 25.8 Å². The third kappa shape index (κ3) is 4.10. The van der Waals surface area contributed by atoms with Gasteiger partial charge in [0.2, 0.25) is 22.7 Å². The Bertz CT molecular complexity index is 979. The van der Waals surface area contributed by atoms with Crippen molar-refractivity contribution in [2.45, 2.75) is 4.90 Å². The number of amides is 1. The highest BCUT2D eigenvalue weighted by atomic mass is 35.5. The second-order valence-electron chi connectivity index (χ2n) is 5.67. The molecule has 1 N–H and O–H groups in total. The van der Waals surface area contributed by atoms with E-state index in [0.717, 1.165) is 4.31 Å². The number of nitrogens with one attached hydrogen (secondary N) is 1. The number of nitrogens with zero attached hydrogens (tertiary/aromatic N) is 1. The van der Waals surface area contributed by atoms with E-state index in [1.165, 1.54) is 32.4 Å². The minimum Gasteiger partial charge on any atom is -0.495 e. The lowest BCUT2D eigenvalue weighted by Gasteiger charge is -2.18. The van der Waals surface area contributed by atoms with Crippen molar-refractivity contribution in [3.63, 3.8) is 0 Å². The van der Waals surface area contributed by atoms with Crippen LogP contribution in [0.2, 0.25) is 5.02 Å². The molecule has 1 aliphatic rings. The first-order valence-corrected chi connectivity index (χ1v) is 9.62. The molecule has 144 valence electrons. The normalized spacial score (nSPS) is 12.9. The van der Waals surface area contributed by atoms with Gasteiger partial charge in [-0.25, -0.2) is 8.42 Å². The molecular formula is C17H17ClN2O6S. The molecule has 0 aliphatic carbocycles. The van der Waals surface area contributed by atoms with E-state index < -0.39 is 22.5 Å². The van der Waals surface area contributed by atoms with Gasteiger partial charge in [-0.2, -0.15) is 4.31 Å². The SMILES string of the molecule is COc1ccc(Cl)cc1S(=O)(=O)N(C)CC(=O)Nc1ccc2c(c1)OCO2. The maximum Gasteiger partial charge on any atom is 0.247 e. The summed E-state index contributed by atoms with van der Waals surface area (Å²) in [6, 6.07) is 9.16. The minimum atomic E-state index is -3.98. The van der Waals surface area contributed by atoms with Crippen molar-refractivity contribution in [1.82, 2.24) is 4.31 Å². The van der Waals surface area contributed by atoms with Crippen molar-refractivity contribution >= 4 is 33.2 Å². The maximum absolute atomic E-state index is 12.8. The van der Waals surface area contributed by atoms with Gasteiger partial charge in [0.05, 0.1) is 13.7 Å². The molecule has 1 amide bonds. The number of rotatable bonds is 6. The largest absolute Gasteiger partial charge is 0.495 e. The number of carbonyl (C=O) groups is 1. The predicted molar refractivity (Wildman–Crippen MR) is 99.0 cm³/mol. The van der Waals surface area contributed by atoms with Crippen molar-refractivity contribution in [2.75, 3.05) is 32.8 Å². The van der Waals surface area contributed by atoms with E-state index in [-0.39, 0.29) is 22.5 Å². The molecule has 3 rings (SSSR count). The number of carbonyl (C=O) groups excluding carboxylic acids is 1. The number of methoxy groups -OCH3 is 1. The van der Waals surface area contributed by atoms with Crippen molar-refractivity contribution in [3.8, 4) is 17.2 Å². The molecule has 0 saturated carbocycles. The molecule has 8 nitrogen and oxygen atoms in total. The molecular weight excluding hydrogens is 396 g/mol. The summed E-state index contributed by atoms with van der Waals surface area (Å²) in [7, 11) is -1.33. The summed E-state index contributed by atoms with van der Waals surface area (Å²) in [5.74, 6) is 0.724. The summed E-state index contributed by atoms with van der Waals surface area (Å²) in [5, 5.41) is 2.87. The molecule has 2 aromatic rings. The molecule has 2 aromatic carbocycles. The fourth-order valence-electron chi connectivity index (χ4n) is 2.48. The van der Waals surface area contributed by atoms with Gasteiger partial charge >= 0.3 is 0 Å². The van der Waals surface area contributed by atoms with E-state index in [0.29, 0.717) is 17.2 Å². The Hall–Kier alpha value is -2.49. The Kier molecular flexibility index (Phi) is 5.45. The molecule has 0 spiro atoms. The molecule has 27 heavy (non-hydrogen) atoms. The van der Waals surface area contributed by atoms with Crippen LogP contribution in [0.1, 0.15) is 0 Å². The fraction of sp³-hybridized carbons (Fsp3) is 0.235. The second kappa shape index (κ2) is 7.63. The van der Waals surface area contributed by atoms with Crippen molar-refractivity contribution in [3.05, 3.63) is 41.4 Å². The lowest BCUT2D eigenvalue weighted by atomic mass is 10.3. The van der Waals surface area contributed by atoms with Crippen LogP contribution in [0.15, 0.2) is 41.3 Å². The van der Waals surface area contributed by atoms with Crippen LogP contribution in [0.25, 0.3) is 0 Å². The van der Waals surface area contributed by atoms with Crippen molar-refractivity contribution < 1.29 is 27.4 Å². The zero-order valence-corrected chi connectivity index (χ0v) is 16.1. The second-order valence-corrected chi connectivity index (χ2v) is 8.12. The van der Waals surface area contributed by atoms with Crippen LogP contribution in [0.4, 0.5) is 5.69 Å². The molecule has 10 heteroatoms. The molecule has 0 atom stereocenters. The zero-order valence-electron chi connectivity index (χ0n) is 14.6. The van der Waals surface area contributed by atoms with Gasteiger partial charge < -0.3 is 19.5 Å². The number of hydrogen-bond donors (Lipinski definition) is 1. The fourth-order valence-corrected chi connectivity index (χ4v) is 4.02. The molecule has 0 fully saturated rings. The van der Waals surface area contributed by atoms with Crippen molar-refractivity contribution in [2.24, 2.45) is 0 Å². The molecule has 0 bridgehead atoms.